The molecule has 0 aliphatic carbocycles. The van der Waals surface area contributed by atoms with Gasteiger partial charge >= 0.3 is 0 Å². The van der Waals surface area contributed by atoms with Crippen LogP contribution < -0.4 is 0 Å². The van der Waals surface area contributed by atoms with Crippen molar-refractivity contribution in [2.45, 2.75) is 32.8 Å². The van der Waals surface area contributed by atoms with Crippen LogP contribution >= 0.6 is 23.0 Å². The van der Waals surface area contributed by atoms with Crippen molar-refractivity contribution in [3.05, 3.63) is 0 Å². The molecule has 64 valence electrons. The molecule has 1 unspecified atom stereocenters. The van der Waals surface area contributed by atoms with Crippen LogP contribution in [-0.2, 0) is 3.07 Å². The van der Waals surface area contributed by atoms with Crippen LogP contribution in [0.1, 0.15) is 27.2 Å². The van der Waals surface area contributed by atoms with Crippen molar-refractivity contribution in [2.75, 3.05) is 6.61 Å². The van der Waals surface area contributed by atoms with Gasteiger partial charge in [-0.2, -0.15) is 0 Å². The van der Waals surface area contributed by atoms with E-state index < -0.39 is 5.57 Å². The van der Waals surface area contributed by atoms with Crippen LogP contribution in [0.15, 0.2) is 0 Å². The van der Waals surface area contributed by atoms with E-state index in [1.807, 2.05) is 20.8 Å². The third kappa shape index (κ3) is 7.06. The highest BCUT2D eigenvalue weighted by atomic mass is 127. The second-order valence-corrected chi connectivity index (χ2v) is 4.65. The Morgan fingerprint density at radius 2 is 1.91 bits per heavy atom. The molecule has 1 atom stereocenters. The van der Waals surface area contributed by atoms with Gasteiger partial charge in [-0.15, -0.1) is 0 Å². The fourth-order valence-corrected chi connectivity index (χ4v) is 1.54. The van der Waals surface area contributed by atoms with Crippen LogP contribution in [0.25, 0.3) is 0 Å². The third-order valence-electron chi connectivity index (χ3n) is 1.12. The second kappa shape index (κ2) is 4.07. The summed E-state index contributed by atoms with van der Waals surface area (Å²) in [5.41, 5.74) is -1.79. The molecule has 2 radical (unpaired) electrons. The summed E-state index contributed by atoms with van der Waals surface area (Å²) in [5.74, 6) is 0. The van der Waals surface area contributed by atoms with Gasteiger partial charge in [-0.05, 0) is 11.8 Å². The summed E-state index contributed by atoms with van der Waals surface area (Å²) >= 11 is 1.64. The summed E-state index contributed by atoms with van der Waals surface area (Å²) in [6.07, 6.45) is 0.309. The molecule has 0 saturated heterocycles. The minimum absolute atomic E-state index is 0.0508. The summed E-state index contributed by atoms with van der Waals surface area (Å²) in [6.45, 7) is 5.79. The Hall–Kier alpha value is 0.685. The van der Waals surface area contributed by atoms with Gasteiger partial charge in [0.2, 0.25) is 0 Å². The van der Waals surface area contributed by atoms with Crippen molar-refractivity contribution in [2.24, 2.45) is 5.41 Å². The molecule has 0 rings (SSSR count). The van der Waals surface area contributed by atoms with Gasteiger partial charge in [-0.3, -0.25) is 4.39 Å². The Kier molecular flexibility index (Phi) is 4.33. The van der Waals surface area contributed by atoms with Crippen molar-refractivity contribution in [3.63, 3.8) is 0 Å². The monoisotopic (exact) mass is 270 g/mol. The maximum atomic E-state index is 13.2. The molecule has 4 heteroatoms. The minimum Gasteiger partial charge on any atom is -0.313 e. The molecule has 0 saturated carbocycles. The molecule has 11 heavy (non-hydrogen) atoms. The molecule has 0 amide bonds. The third-order valence-corrected chi connectivity index (χ3v) is 1.43. The van der Waals surface area contributed by atoms with E-state index in [1.54, 1.807) is 23.0 Å². The normalized spacial score (nSPS) is 17.9. The number of hydrogen-bond donors (Lipinski definition) is 0. The predicted molar refractivity (Wildman–Crippen MR) is 53.6 cm³/mol. The molecule has 0 N–H and O–H groups in total. The molecule has 0 spiro atoms. The predicted octanol–water partition coefficient (Wildman–Crippen LogP) is 2.62. The molecular weight excluding hydrogens is 257 g/mol. The quantitative estimate of drug-likeness (QED) is 0.565. The SMILES string of the molecule is [B]C(F)(COI)CC(C)(C)C. The molecule has 0 aromatic carbocycles. The lowest BCUT2D eigenvalue weighted by Gasteiger charge is -2.28. The van der Waals surface area contributed by atoms with Gasteiger partial charge in [0.05, 0.1) is 12.2 Å². The molecule has 0 fully saturated rings. The van der Waals surface area contributed by atoms with E-state index in [1.165, 1.54) is 0 Å². The van der Waals surface area contributed by atoms with E-state index in [0.717, 1.165) is 0 Å². The topological polar surface area (TPSA) is 9.23 Å². The van der Waals surface area contributed by atoms with Gasteiger partial charge in [0, 0.05) is 0 Å². The van der Waals surface area contributed by atoms with Crippen LogP contribution in [0.3, 0.4) is 0 Å². The lowest BCUT2D eigenvalue weighted by molar-refractivity contribution is 0.136. The Morgan fingerprint density at radius 3 is 2.18 bits per heavy atom. The van der Waals surface area contributed by atoms with Gasteiger partial charge in [-0.25, -0.2) is 0 Å². The van der Waals surface area contributed by atoms with Gasteiger partial charge in [-0.1, -0.05) is 20.8 Å². The molecule has 0 aliphatic rings. The van der Waals surface area contributed by atoms with E-state index in [-0.39, 0.29) is 12.0 Å². The van der Waals surface area contributed by atoms with Crippen molar-refractivity contribution in [1.29, 1.82) is 0 Å². The van der Waals surface area contributed by atoms with E-state index in [0.29, 0.717) is 6.42 Å². The van der Waals surface area contributed by atoms with Crippen molar-refractivity contribution < 1.29 is 7.46 Å². The number of halogens is 2. The first-order valence-corrected chi connectivity index (χ1v) is 4.36. The van der Waals surface area contributed by atoms with Gasteiger partial charge in [0.1, 0.15) is 30.9 Å². The fraction of sp³-hybridized carbons (Fsp3) is 1.00. The average Bonchev–Trinajstić information content (AvgIpc) is 1.55. The minimum atomic E-state index is -1.69. The molecule has 1 nitrogen and oxygen atoms in total. The van der Waals surface area contributed by atoms with Crippen LogP contribution in [-0.4, -0.2) is 20.0 Å². The smallest absolute Gasteiger partial charge is 0.124 e. The lowest BCUT2D eigenvalue weighted by Crippen LogP contribution is -2.33. The highest BCUT2D eigenvalue weighted by molar-refractivity contribution is 14.1. The maximum absolute atomic E-state index is 13.2. The first-order valence-electron chi connectivity index (χ1n) is 3.48. The highest BCUT2D eigenvalue weighted by Gasteiger charge is 2.29. The summed E-state index contributed by atoms with van der Waals surface area (Å²) in [7, 11) is 5.32. The van der Waals surface area contributed by atoms with E-state index in [4.69, 9.17) is 7.85 Å². The lowest BCUT2D eigenvalue weighted by atomic mass is 9.72. The fourth-order valence-electron chi connectivity index (χ4n) is 1.02. The summed E-state index contributed by atoms with van der Waals surface area (Å²) < 4.78 is 17.9. The Balaban J connectivity index is 3.91. The van der Waals surface area contributed by atoms with Crippen molar-refractivity contribution in [1.82, 2.24) is 0 Å². The number of alkyl halides is 1. The maximum Gasteiger partial charge on any atom is 0.124 e. The average molecular weight is 270 g/mol. The van der Waals surface area contributed by atoms with Crippen molar-refractivity contribution in [3.8, 4) is 0 Å². The van der Waals surface area contributed by atoms with Gasteiger partial charge in [0.15, 0.2) is 0 Å². The largest absolute Gasteiger partial charge is 0.313 e. The zero-order valence-electron chi connectivity index (χ0n) is 7.16. The first-order chi connectivity index (χ1) is 4.77. The van der Waals surface area contributed by atoms with E-state index in [9.17, 15) is 4.39 Å². The number of hydrogen-bond acceptors (Lipinski definition) is 1. The Labute approximate surface area is 83.2 Å². The van der Waals surface area contributed by atoms with Gasteiger partial charge < -0.3 is 3.07 Å². The summed E-state index contributed by atoms with van der Waals surface area (Å²) in [6, 6.07) is 0. The molecule has 0 aromatic rings. The molecular formula is C7H13BFIO. The zero-order chi connectivity index (χ0) is 9.12. The Bertz CT molecular complexity index is 122. The molecule has 0 heterocycles. The first kappa shape index (κ1) is 11.7. The molecule has 0 aliphatic heterocycles. The highest BCUT2D eigenvalue weighted by Crippen LogP contribution is 2.28. The van der Waals surface area contributed by atoms with E-state index >= 15 is 0 Å². The van der Waals surface area contributed by atoms with E-state index in [2.05, 4.69) is 3.07 Å². The van der Waals surface area contributed by atoms with Crippen LogP contribution in [0.5, 0.6) is 0 Å². The van der Waals surface area contributed by atoms with Crippen LogP contribution in [0.4, 0.5) is 4.39 Å². The Morgan fingerprint density at radius 1 is 1.45 bits per heavy atom. The summed E-state index contributed by atoms with van der Waals surface area (Å²) in [5, 5.41) is 0. The van der Waals surface area contributed by atoms with Gasteiger partial charge in [0.25, 0.3) is 0 Å². The van der Waals surface area contributed by atoms with Crippen LogP contribution in [0.2, 0.25) is 0 Å². The standard InChI is InChI=1S/C7H13BFIO/c1-6(2,3)4-7(8,9)5-11-10/h4-5H2,1-3H3. The summed E-state index contributed by atoms with van der Waals surface area (Å²) in [4.78, 5) is 0. The second-order valence-electron chi connectivity index (χ2n) is 4.03. The molecule has 0 bridgehead atoms. The van der Waals surface area contributed by atoms with Crippen molar-refractivity contribution >= 4 is 30.9 Å². The zero-order valence-corrected chi connectivity index (χ0v) is 9.31. The number of rotatable bonds is 3. The van der Waals surface area contributed by atoms with Crippen LogP contribution in [0, 0.1) is 5.41 Å². The molecule has 0 aromatic heterocycles.